The number of hydrogen-bond donors (Lipinski definition) is 2. The molecule has 0 aliphatic carbocycles. The number of nitrogens with zero attached hydrogens (tertiary/aromatic N) is 1. The zero-order valence-corrected chi connectivity index (χ0v) is 17.3. The van der Waals surface area contributed by atoms with Crippen molar-refractivity contribution in [2.24, 2.45) is 11.3 Å². The third-order valence-electron chi connectivity index (χ3n) is 4.99. The van der Waals surface area contributed by atoms with Crippen LogP contribution >= 0.6 is 0 Å². The van der Waals surface area contributed by atoms with Gasteiger partial charge >= 0.3 is 5.97 Å². The molecule has 0 saturated carbocycles. The third-order valence-corrected chi connectivity index (χ3v) is 4.99. The highest BCUT2D eigenvalue weighted by molar-refractivity contribution is 5.88. The molecule has 1 aliphatic rings. The van der Waals surface area contributed by atoms with E-state index in [0.717, 1.165) is 17.5 Å². The van der Waals surface area contributed by atoms with Crippen molar-refractivity contribution in [3.05, 3.63) is 35.4 Å². The van der Waals surface area contributed by atoms with Gasteiger partial charge in [-0.3, -0.25) is 14.4 Å². The van der Waals surface area contributed by atoms with Gasteiger partial charge in [-0.05, 0) is 37.2 Å². The Hall–Kier alpha value is -2.37. The van der Waals surface area contributed by atoms with Crippen LogP contribution in [0.3, 0.4) is 0 Å². The second-order valence-corrected chi connectivity index (χ2v) is 8.96. The predicted molar refractivity (Wildman–Crippen MR) is 108 cm³/mol. The Balaban J connectivity index is 1.96. The Morgan fingerprint density at radius 3 is 2.61 bits per heavy atom. The largest absolute Gasteiger partial charge is 0.481 e. The standard InChI is InChI=1S/C22H32N2O4/c1-15-7-5-8-16(11-15)12-17(21(27)28)14-23-20(26)18-9-6-10-24(18)19(25)13-22(2,3)4/h5,7-8,11,17-18H,6,9-10,12-14H2,1-4H3,(H,23,26)(H,27,28). The summed E-state index contributed by atoms with van der Waals surface area (Å²) in [5, 5.41) is 12.3. The van der Waals surface area contributed by atoms with E-state index in [-0.39, 0.29) is 23.8 Å². The van der Waals surface area contributed by atoms with Gasteiger partial charge in [-0.1, -0.05) is 50.6 Å². The van der Waals surface area contributed by atoms with Crippen molar-refractivity contribution in [2.45, 2.75) is 59.4 Å². The maximum atomic E-state index is 12.7. The van der Waals surface area contributed by atoms with Crippen LogP contribution in [0.4, 0.5) is 0 Å². The Bertz CT molecular complexity index is 723. The van der Waals surface area contributed by atoms with Crippen LogP contribution in [0.2, 0.25) is 0 Å². The van der Waals surface area contributed by atoms with Crippen molar-refractivity contribution in [1.82, 2.24) is 10.2 Å². The number of aryl methyl sites for hydroxylation is 1. The third kappa shape index (κ3) is 6.36. The SMILES string of the molecule is Cc1cccc(CC(CNC(=O)C2CCCN2C(=O)CC(C)(C)C)C(=O)O)c1. The molecule has 2 amide bonds. The fourth-order valence-corrected chi connectivity index (χ4v) is 3.61. The van der Waals surface area contributed by atoms with Gasteiger partial charge in [0.15, 0.2) is 0 Å². The van der Waals surface area contributed by atoms with E-state index in [9.17, 15) is 19.5 Å². The summed E-state index contributed by atoms with van der Waals surface area (Å²) in [5.41, 5.74) is 1.87. The van der Waals surface area contributed by atoms with Crippen LogP contribution in [-0.4, -0.2) is 46.9 Å². The van der Waals surface area contributed by atoms with Crippen LogP contribution in [-0.2, 0) is 20.8 Å². The fraction of sp³-hybridized carbons (Fsp3) is 0.591. The molecule has 154 valence electrons. The summed E-state index contributed by atoms with van der Waals surface area (Å²) < 4.78 is 0. The molecule has 1 aromatic rings. The Morgan fingerprint density at radius 2 is 2.00 bits per heavy atom. The molecule has 2 N–H and O–H groups in total. The summed E-state index contributed by atoms with van der Waals surface area (Å²) in [6, 6.07) is 7.23. The number of carboxylic acids is 1. The average Bonchev–Trinajstić information content (AvgIpc) is 3.06. The number of likely N-dealkylation sites (tertiary alicyclic amines) is 1. The molecule has 1 fully saturated rings. The minimum absolute atomic E-state index is 0.0142. The first-order chi connectivity index (χ1) is 13.1. The summed E-state index contributed by atoms with van der Waals surface area (Å²) in [6.07, 6.45) is 2.16. The van der Waals surface area contributed by atoms with Crippen LogP contribution in [0.1, 0.15) is 51.2 Å². The van der Waals surface area contributed by atoms with E-state index in [1.54, 1.807) is 4.90 Å². The molecule has 0 bridgehead atoms. The molecule has 1 saturated heterocycles. The van der Waals surface area contributed by atoms with Crippen LogP contribution in [0.25, 0.3) is 0 Å². The molecule has 6 heteroatoms. The zero-order valence-electron chi connectivity index (χ0n) is 17.3. The zero-order chi connectivity index (χ0) is 20.9. The van der Waals surface area contributed by atoms with Crippen molar-refractivity contribution in [3.63, 3.8) is 0 Å². The molecule has 6 nitrogen and oxygen atoms in total. The maximum Gasteiger partial charge on any atom is 0.308 e. The van der Waals surface area contributed by atoms with Crippen LogP contribution in [0.5, 0.6) is 0 Å². The Labute approximate surface area is 167 Å². The molecular formula is C22H32N2O4. The summed E-state index contributed by atoms with van der Waals surface area (Å²) in [7, 11) is 0. The highest BCUT2D eigenvalue weighted by atomic mass is 16.4. The number of amides is 2. The summed E-state index contributed by atoms with van der Waals surface area (Å²) in [5.74, 6) is -1.91. The maximum absolute atomic E-state index is 12.7. The smallest absolute Gasteiger partial charge is 0.308 e. The van der Waals surface area contributed by atoms with Gasteiger partial charge in [0.1, 0.15) is 6.04 Å². The highest BCUT2D eigenvalue weighted by Crippen LogP contribution is 2.25. The van der Waals surface area contributed by atoms with Gasteiger partial charge in [-0.2, -0.15) is 0 Å². The van der Waals surface area contributed by atoms with E-state index in [4.69, 9.17) is 0 Å². The normalized spacial score (nSPS) is 18.0. The van der Waals surface area contributed by atoms with Crippen LogP contribution in [0, 0.1) is 18.3 Å². The molecule has 1 aromatic carbocycles. The van der Waals surface area contributed by atoms with Gasteiger partial charge in [0, 0.05) is 19.5 Å². The monoisotopic (exact) mass is 388 g/mol. The lowest BCUT2D eigenvalue weighted by atomic mass is 9.91. The molecule has 2 atom stereocenters. The average molecular weight is 389 g/mol. The number of hydrogen-bond acceptors (Lipinski definition) is 3. The lowest BCUT2D eigenvalue weighted by molar-refractivity contribution is -0.143. The molecule has 1 heterocycles. The first kappa shape index (κ1) is 21.9. The van der Waals surface area contributed by atoms with Gasteiger partial charge in [0.05, 0.1) is 5.92 Å². The van der Waals surface area contributed by atoms with E-state index in [0.29, 0.717) is 25.8 Å². The van der Waals surface area contributed by atoms with E-state index < -0.39 is 17.9 Å². The number of carbonyl (C=O) groups is 3. The molecule has 2 rings (SSSR count). The predicted octanol–water partition coefficient (Wildman–Crippen LogP) is 2.78. The van der Waals surface area contributed by atoms with Crippen molar-refractivity contribution < 1.29 is 19.5 Å². The molecular weight excluding hydrogens is 356 g/mol. The number of carbonyl (C=O) groups excluding carboxylic acids is 2. The van der Waals surface area contributed by atoms with E-state index in [1.165, 1.54) is 0 Å². The lowest BCUT2D eigenvalue weighted by Gasteiger charge is -2.28. The summed E-state index contributed by atoms with van der Waals surface area (Å²) in [6.45, 7) is 8.60. The topological polar surface area (TPSA) is 86.7 Å². The number of benzene rings is 1. The van der Waals surface area contributed by atoms with Gasteiger partial charge in [-0.25, -0.2) is 0 Å². The summed E-state index contributed by atoms with van der Waals surface area (Å²) in [4.78, 5) is 38.5. The van der Waals surface area contributed by atoms with Gasteiger partial charge in [-0.15, -0.1) is 0 Å². The van der Waals surface area contributed by atoms with Gasteiger partial charge < -0.3 is 15.3 Å². The second kappa shape index (κ2) is 9.22. The Kier molecular flexibility index (Phi) is 7.22. The quantitative estimate of drug-likeness (QED) is 0.752. The first-order valence-electron chi connectivity index (χ1n) is 9.92. The lowest BCUT2D eigenvalue weighted by Crippen LogP contribution is -2.48. The molecule has 2 unspecified atom stereocenters. The summed E-state index contributed by atoms with van der Waals surface area (Å²) >= 11 is 0. The fourth-order valence-electron chi connectivity index (χ4n) is 3.61. The number of aliphatic carboxylic acids is 1. The minimum atomic E-state index is -0.936. The molecule has 28 heavy (non-hydrogen) atoms. The molecule has 1 aliphatic heterocycles. The number of carboxylic acid groups (broad SMARTS) is 1. The van der Waals surface area contributed by atoms with Crippen LogP contribution < -0.4 is 5.32 Å². The van der Waals surface area contributed by atoms with E-state index in [2.05, 4.69) is 5.32 Å². The van der Waals surface area contributed by atoms with Crippen molar-refractivity contribution in [1.29, 1.82) is 0 Å². The van der Waals surface area contributed by atoms with Gasteiger partial charge in [0.25, 0.3) is 0 Å². The van der Waals surface area contributed by atoms with Crippen molar-refractivity contribution in [2.75, 3.05) is 13.1 Å². The first-order valence-corrected chi connectivity index (χ1v) is 9.92. The number of nitrogens with one attached hydrogen (secondary N) is 1. The van der Waals surface area contributed by atoms with Crippen LogP contribution in [0.15, 0.2) is 24.3 Å². The van der Waals surface area contributed by atoms with Crippen molar-refractivity contribution in [3.8, 4) is 0 Å². The number of rotatable bonds is 7. The van der Waals surface area contributed by atoms with Gasteiger partial charge in [0.2, 0.25) is 11.8 Å². The Morgan fingerprint density at radius 1 is 1.29 bits per heavy atom. The molecule has 0 spiro atoms. The second-order valence-electron chi connectivity index (χ2n) is 8.96. The van der Waals surface area contributed by atoms with Crippen molar-refractivity contribution >= 4 is 17.8 Å². The molecule has 0 radical (unpaired) electrons. The van der Waals surface area contributed by atoms with E-state index in [1.807, 2.05) is 52.0 Å². The molecule has 0 aromatic heterocycles. The highest BCUT2D eigenvalue weighted by Gasteiger charge is 2.35. The minimum Gasteiger partial charge on any atom is -0.481 e. The van der Waals surface area contributed by atoms with E-state index >= 15 is 0 Å².